The molecule has 1 aliphatic heterocycles. The van der Waals surface area contributed by atoms with Crippen molar-refractivity contribution in [3.63, 3.8) is 0 Å². The molecule has 156 valence electrons. The number of nitrogens with zero attached hydrogens (tertiary/aromatic N) is 2. The maximum atomic E-state index is 12.5. The highest BCUT2D eigenvalue weighted by Gasteiger charge is 2.20. The van der Waals surface area contributed by atoms with Crippen molar-refractivity contribution >= 4 is 23.2 Å². The summed E-state index contributed by atoms with van der Waals surface area (Å²) >= 11 is 1.79. The average Bonchev–Trinajstić information content (AvgIpc) is 3.22. The zero-order chi connectivity index (χ0) is 20.3. The fraction of sp³-hybridized carbons (Fsp3) is 0.455. The molecular weight excluding hydrogens is 384 g/mol. The Morgan fingerprint density at radius 2 is 2.10 bits per heavy atom. The molecule has 0 bridgehead atoms. The van der Waals surface area contributed by atoms with Crippen LogP contribution in [-0.2, 0) is 17.8 Å². The number of fused-ring (bicyclic) bond motifs is 1. The maximum absolute atomic E-state index is 12.5. The van der Waals surface area contributed by atoms with E-state index in [9.17, 15) is 4.79 Å². The van der Waals surface area contributed by atoms with E-state index < -0.39 is 0 Å². The molecule has 7 heteroatoms. The van der Waals surface area contributed by atoms with Crippen LogP contribution in [0.3, 0.4) is 0 Å². The van der Waals surface area contributed by atoms with Gasteiger partial charge < -0.3 is 20.3 Å². The molecular formula is C22H30N4O2S. The zero-order valence-electron chi connectivity index (χ0n) is 17.0. The molecule has 3 rings (SSSR count). The number of amides is 1. The summed E-state index contributed by atoms with van der Waals surface area (Å²) in [5.74, 6) is 1.83. The Hall–Kier alpha value is -2.54. The summed E-state index contributed by atoms with van der Waals surface area (Å²) < 4.78 is 5.69. The molecule has 0 aliphatic carbocycles. The van der Waals surface area contributed by atoms with Crippen LogP contribution in [0.1, 0.15) is 30.2 Å². The van der Waals surface area contributed by atoms with Gasteiger partial charge in [0.05, 0.1) is 6.61 Å². The molecule has 0 unspecified atom stereocenters. The predicted molar refractivity (Wildman–Crippen MR) is 119 cm³/mol. The number of hydrogen-bond donors (Lipinski definition) is 2. The average molecular weight is 415 g/mol. The number of hydrogen-bond acceptors (Lipinski definition) is 4. The quantitative estimate of drug-likeness (QED) is 0.376. The molecule has 2 aromatic rings. The van der Waals surface area contributed by atoms with Gasteiger partial charge in [0, 0.05) is 50.4 Å². The monoisotopic (exact) mass is 414 g/mol. The first-order valence-electron chi connectivity index (χ1n) is 10.3. The number of nitrogens with one attached hydrogen (secondary N) is 2. The summed E-state index contributed by atoms with van der Waals surface area (Å²) in [4.78, 5) is 20.5. The summed E-state index contributed by atoms with van der Waals surface area (Å²) in [5, 5.41) is 8.61. The number of thiophene rings is 1. The van der Waals surface area contributed by atoms with Gasteiger partial charge in [-0.25, -0.2) is 0 Å². The first-order chi connectivity index (χ1) is 14.3. The summed E-state index contributed by atoms with van der Waals surface area (Å²) in [5.41, 5.74) is 1.30. The second-order valence-corrected chi connectivity index (χ2v) is 7.89. The minimum atomic E-state index is 0.196. The standard InChI is InChI=1S/C22H30N4O2S/c1-2-23-22(24-12-6-15-28-19-7-4-3-5-8-19)25-13-9-21(27)26-14-10-20-18(17-26)11-16-29-20/h3-5,7-8,11,16H,2,6,9-10,12-15,17H2,1H3,(H2,23,24,25). The largest absolute Gasteiger partial charge is 0.494 e. The SMILES string of the molecule is CCNC(=NCCCOc1ccccc1)NCCC(=O)N1CCc2sccc2C1. The van der Waals surface area contributed by atoms with Crippen molar-refractivity contribution in [3.8, 4) is 5.75 Å². The first-order valence-corrected chi connectivity index (χ1v) is 11.2. The third-order valence-electron chi connectivity index (χ3n) is 4.72. The van der Waals surface area contributed by atoms with E-state index in [4.69, 9.17) is 4.74 Å². The third kappa shape index (κ3) is 6.78. The molecule has 0 radical (unpaired) electrons. The maximum Gasteiger partial charge on any atom is 0.224 e. The molecule has 1 aliphatic rings. The van der Waals surface area contributed by atoms with E-state index in [0.29, 0.717) is 26.1 Å². The van der Waals surface area contributed by atoms with Crippen LogP contribution >= 0.6 is 11.3 Å². The van der Waals surface area contributed by atoms with Crippen LogP contribution in [0.4, 0.5) is 0 Å². The van der Waals surface area contributed by atoms with Crippen molar-refractivity contribution in [2.24, 2.45) is 4.99 Å². The van der Waals surface area contributed by atoms with Crippen LogP contribution < -0.4 is 15.4 Å². The van der Waals surface area contributed by atoms with Gasteiger partial charge in [0.2, 0.25) is 5.91 Å². The number of carbonyl (C=O) groups is 1. The summed E-state index contributed by atoms with van der Waals surface area (Å²) in [7, 11) is 0. The van der Waals surface area contributed by atoms with Crippen LogP contribution in [0.2, 0.25) is 0 Å². The van der Waals surface area contributed by atoms with Crippen LogP contribution in [0.5, 0.6) is 5.75 Å². The Morgan fingerprint density at radius 1 is 1.24 bits per heavy atom. The van der Waals surface area contributed by atoms with Gasteiger partial charge in [0.15, 0.2) is 5.96 Å². The van der Waals surface area contributed by atoms with Crippen LogP contribution in [0.25, 0.3) is 0 Å². The minimum Gasteiger partial charge on any atom is -0.494 e. The fourth-order valence-corrected chi connectivity index (χ4v) is 4.10. The van der Waals surface area contributed by atoms with Gasteiger partial charge in [-0.05, 0) is 42.5 Å². The molecule has 0 saturated heterocycles. The van der Waals surface area contributed by atoms with Gasteiger partial charge in [-0.2, -0.15) is 0 Å². The molecule has 0 saturated carbocycles. The zero-order valence-corrected chi connectivity index (χ0v) is 17.8. The molecule has 1 aromatic heterocycles. The van der Waals surface area contributed by atoms with Crippen molar-refractivity contribution in [1.82, 2.24) is 15.5 Å². The van der Waals surface area contributed by atoms with E-state index >= 15 is 0 Å². The van der Waals surface area contributed by atoms with Crippen LogP contribution in [-0.4, -0.2) is 49.6 Å². The summed E-state index contributed by atoms with van der Waals surface area (Å²) in [6.07, 6.45) is 2.28. The van der Waals surface area contributed by atoms with E-state index in [1.807, 2.05) is 42.2 Å². The van der Waals surface area contributed by atoms with Gasteiger partial charge in [-0.15, -0.1) is 11.3 Å². The molecule has 6 nitrogen and oxygen atoms in total. The molecule has 1 amide bonds. The lowest BCUT2D eigenvalue weighted by atomic mass is 10.1. The van der Waals surface area contributed by atoms with Crippen LogP contribution in [0.15, 0.2) is 46.8 Å². The lowest BCUT2D eigenvalue weighted by Crippen LogP contribution is -2.41. The second kappa shape index (κ2) is 11.5. The van der Waals surface area contributed by atoms with Crippen molar-refractivity contribution in [2.75, 3.05) is 32.8 Å². The molecule has 2 N–H and O–H groups in total. The van der Waals surface area contributed by atoms with Crippen molar-refractivity contribution in [1.29, 1.82) is 0 Å². The molecule has 0 atom stereocenters. The number of para-hydroxylation sites is 1. The third-order valence-corrected chi connectivity index (χ3v) is 5.74. The summed E-state index contributed by atoms with van der Waals surface area (Å²) in [6, 6.07) is 11.9. The Balaban J connectivity index is 1.35. The number of carbonyl (C=O) groups excluding carboxylic acids is 1. The highest BCUT2D eigenvalue weighted by atomic mass is 32.1. The van der Waals surface area contributed by atoms with E-state index in [2.05, 4.69) is 27.1 Å². The Bertz CT molecular complexity index is 791. The highest BCUT2D eigenvalue weighted by Crippen LogP contribution is 2.24. The van der Waals surface area contributed by atoms with Crippen molar-refractivity contribution < 1.29 is 9.53 Å². The Kier molecular flexibility index (Phi) is 8.37. The van der Waals surface area contributed by atoms with E-state index in [1.165, 1.54) is 10.4 Å². The van der Waals surface area contributed by atoms with Gasteiger partial charge in [0.1, 0.15) is 5.75 Å². The number of guanidine groups is 1. The smallest absolute Gasteiger partial charge is 0.224 e. The lowest BCUT2D eigenvalue weighted by Gasteiger charge is -2.27. The molecule has 0 spiro atoms. The van der Waals surface area contributed by atoms with Gasteiger partial charge in [-0.3, -0.25) is 9.79 Å². The molecule has 1 aromatic carbocycles. The Morgan fingerprint density at radius 3 is 2.93 bits per heavy atom. The van der Waals surface area contributed by atoms with E-state index in [1.54, 1.807) is 11.3 Å². The Labute approximate surface area is 177 Å². The van der Waals surface area contributed by atoms with Gasteiger partial charge >= 0.3 is 0 Å². The van der Waals surface area contributed by atoms with E-state index in [-0.39, 0.29) is 5.91 Å². The first kappa shape index (κ1) is 21.2. The van der Waals surface area contributed by atoms with Gasteiger partial charge in [-0.1, -0.05) is 18.2 Å². The second-order valence-electron chi connectivity index (χ2n) is 6.89. The minimum absolute atomic E-state index is 0.196. The summed E-state index contributed by atoms with van der Waals surface area (Å²) in [6.45, 7) is 6.27. The highest BCUT2D eigenvalue weighted by molar-refractivity contribution is 7.10. The lowest BCUT2D eigenvalue weighted by molar-refractivity contribution is -0.131. The van der Waals surface area contributed by atoms with Gasteiger partial charge in [0.25, 0.3) is 0 Å². The van der Waals surface area contributed by atoms with E-state index in [0.717, 1.165) is 44.2 Å². The number of rotatable bonds is 9. The number of benzene rings is 1. The molecule has 29 heavy (non-hydrogen) atoms. The molecule has 2 heterocycles. The predicted octanol–water partition coefficient (Wildman–Crippen LogP) is 3.05. The normalized spacial score (nSPS) is 13.7. The fourth-order valence-electron chi connectivity index (χ4n) is 3.21. The topological polar surface area (TPSA) is 66.0 Å². The number of aliphatic imine (C=N–C) groups is 1. The number of ether oxygens (including phenoxy) is 1. The van der Waals surface area contributed by atoms with Crippen molar-refractivity contribution in [3.05, 3.63) is 52.2 Å². The van der Waals surface area contributed by atoms with Crippen molar-refractivity contribution in [2.45, 2.75) is 32.7 Å². The van der Waals surface area contributed by atoms with Crippen LogP contribution in [0, 0.1) is 0 Å². The molecule has 0 fully saturated rings.